The van der Waals surface area contributed by atoms with E-state index in [1.54, 1.807) is 18.4 Å². The molecule has 0 saturated carbocycles. The Labute approximate surface area is 142 Å². The Hall–Kier alpha value is -2.08. The third kappa shape index (κ3) is 4.96. The lowest BCUT2D eigenvalue weighted by Crippen LogP contribution is -2.38. The molecule has 2 N–H and O–H groups in total. The van der Waals surface area contributed by atoms with Gasteiger partial charge in [0.1, 0.15) is 5.82 Å². The number of nitrogens with zero attached hydrogens (tertiary/aromatic N) is 3. The Kier molecular flexibility index (Phi) is 6.40. The Morgan fingerprint density at radius 3 is 2.83 bits per heavy atom. The molecule has 0 amide bonds. The number of hydrogen-bond acceptors (Lipinski definition) is 4. The number of thiophene rings is 1. The molecule has 0 aliphatic heterocycles. The molecule has 0 radical (unpaired) electrons. The van der Waals surface area contributed by atoms with Crippen LogP contribution in [0.1, 0.15) is 24.0 Å². The second kappa shape index (κ2) is 8.53. The fourth-order valence-electron chi connectivity index (χ4n) is 2.29. The second-order valence-electron chi connectivity index (χ2n) is 5.64. The monoisotopic (exact) mass is 331 g/mol. The van der Waals surface area contributed by atoms with Gasteiger partial charge in [0.25, 0.3) is 0 Å². The topological polar surface area (TPSA) is 52.6 Å². The Bertz CT molecular complexity index is 622. The van der Waals surface area contributed by atoms with E-state index < -0.39 is 0 Å². The molecule has 0 spiro atoms. The largest absolute Gasteiger partial charge is 0.362 e. The lowest BCUT2D eigenvalue weighted by Gasteiger charge is -2.18. The maximum Gasteiger partial charge on any atom is 0.191 e. The normalized spacial score (nSPS) is 12.8. The highest BCUT2D eigenvalue weighted by Gasteiger charge is 2.09. The van der Waals surface area contributed by atoms with Crippen molar-refractivity contribution in [2.24, 2.45) is 4.99 Å². The van der Waals surface area contributed by atoms with Gasteiger partial charge in [0.05, 0.1) is 0 Å². The van der Waals surface area contributed by atoms with E-state index in [0.717, 1.165) is 23.9 Å². The minimum absolute atomic E-state index is 0.454. The fourth-order valence-corrected chi connectivity index (χ4v) is 3.08. The highest BCUT2D eigenvalue weighted by Crippen LogP contribution is 2.17. The van der Waals surface area contributed by atoms with Crippen LogP contribution in [-0.2, 0) is 6.54 Å². The minimum Gasteiger partial charge on any atom is -0.362 e. The summed E-state index contributed by atoms with van der Waals surface area (Å²) in [4.78, 5) is 10.7. The molecule has 0 aliphatic carbocycles. The maximum atomic E-state index is 4.42. The van der Waals surface area contributed by atoms with Crippen LogP contribution in [0.5, 0.6) is 0 Å². The number of aromatic nitrogens is 1. The molecule has 0 bridgehead atoms. The van der Waals surface area contributed by atoms with E-state index in [1.165, 1.54) is 5.56 Å². The summed E-state index contributed by atoms with van der Waals surface area (Å²) >= 11 is 1.73. The predicted molar refractivity (Wildman–Crippen MR) is 99.5 cm³/mol. The van der Waals surface area contributed by atoms with Crippen molar-refractivity contribution in [1.29, 1.82) is 0 Å². The van der Waals surface area contributed by atoms with E-state index in [0.29, 0.717) is 12.5 Å². The summed E-state index contributed by atoms with van der Waals surface area (Å²) in [6.07, 6.45) is 1.81. The van der Waals surface area contributed by atoms with Gasteiger partial charge in [0, 0.05) is 46.0 Å². The van der Waals surface area contributed by atoms with Crippen LogP contribution in [0.25, 0.3) is 0 Å². The third-order valence-corrected chi connectivity index (χ3v) is 4.35. The number of anilines is 1. The Balaban J connectivity index is 1.88. The van der Waals surface area contributed by atoms with E-state index in [2.05, 4.69) is 50.4 Å². The third-order valence-electron chi connectivity index (χ3n) is 3.65. The quantitative estimate of drug-likeness (QED) is 0.631. The van der Waals surface area contributed by atoms with Gasteiger partial charge in [-0.25, -0.2) is 4.98 Å². The zero-order valence-corrected chi connectivity index (χ0v) is 15.0. The number of hydrogen-bond donors (Lipinski definition) is 2. The first-order chi connectivity index (χ1) is 11.1. The van der Waals surface area contributed by atoms with Crippen LogP contribution in [0.15, 0.2) is 40.1 Å². The molecule has 124 valence electrons. The molecule has 2 aromatic heterocycles. The average Bonchev–Trinajstić information content (AvgIpc) is 3.09. The number of aliphatic imine (C=N–C) groups is 1. The number of nitrogens with one attached hydrogen (secondary N) is 2. The summed E-state index contributed by atoms with van der Waals surface area (Å²) in [6, 6.07) is 6.21. The summed E-state index contributed by atoms with van der Waals surface area (Å²) < 4.78 is 0. The van der Waals surface area contributed by atoms with E-state index >= 15 is 0 Å². The van der Waals surface area contributed by atoms with Gasteiger partial charge in [-0.3, -0.25) is 4.99 Å². The second-order valence-corrected chi connectivity index (χ2v) is 6.42. The highest BCUT2D eigenvalue weighted by molar-refractivity contribution is 7.07. The molecule has 0 aromatic carbocycles. The molecule has 5 nitrogen and oxygen atoms in total. The molecule has 23 heavy (non-hydrogen) atoms. The van der Waals surface area contributed by atoms with E-state index in [9.17, 15) is 0 Å². The van der Waals surface area contributed by atoms with Crippen molar-refractivity contribution < 1.29 is 0 Å². The first kappa shape index (κ1) is 17.3. The Morgan fingerprint density at radius 2 is 2.17 bits per heavy atom. The van der Waals surface area contributed by atoms with Crippen molar-refractivity contribution >= 4 is 23.1 Å². The van der Waals surface area contributed by atoms with Crippen LogP contribution in [0.3, 0.4) is 0 Å². The molecule has 0 fully saturated rings. The van der Waals surface area contributed by atoms with Crippen LogP contribution in [0.2, 0.25) is 0 Å². The van der Waals surface area contributed by atoms with E-state index in [1.807, 2.05) is 31.3 Å². The van der Waals surface area contributed by atoms with Gasteiger partial charge in [0.15, 0.2) is 5.96 Å². The summed E-state index contributed by atoms with van der Waals surface area (Å²) in [5.41, 5.74) is 2.51. The van der Waals surface area contributed by atoms with Crippen LogP contribution < -0.4 is 15.5 Å². The molecule has 0 aliphatic rings. The van der Waals surface area contributed by atoms with E-state index in [-0.39, 0.29) is 0 Å². The fraction of sp³-hybridized carbons (Fsp3) is 0.412. The molecule has 6 heteroatoms. The first-order valence-corrected chi connectivity index (χ1v) is 8.64. The molecular formula is C17H25N5S. The smallest absolute Gasteiger partial charge is 0.191 e. The SMILES string of the molecule is CN=C(NCc1cccnc1N(C)C)NCC(C)c1ccsc1. The van der Waals surface area contributed by atoms with Crippen LogP contribution in [0, 0.1) is 0 Å². The highest BCUT2D eigenvalue weighted by atomic mass is 32.1. The van der Waals surface area contributed by atoms with Gasteiger partial charge in [-0.05, 0) is 34.4 Å². The molecule has 2 rings (SSSR count). The lowest BCUT2D eigenvalue weighted by molar-refractivity contribution is 0.700. The maximum absolute atomic E-state index is 4.42. The van der Waals surface area contributed by atoms with Crippen LogP contribution in [-0.4, -0.2) is 38.6 Å². The average molecular weight is 331 g/mol. The van der Waals surface area contributed by atoms with Crippen molar-refractivity contribution in [3.8, 4) is 0 Å². The summed E-state index contributed by atoms with van der Waals surface area (Å²) in [5.74, 6) is 2.23. The van der Waals surface area contributed by atoms with E-state index in [4.69, 9.17) is 0 Å². The van der Waals surface area contributed by atoms with Crippen molar-refractivity contribution in [3.63, 3.8) is 0 Å². The van der Waals surface area contributed by atoms with Gasteiger partial charge in [-0.2, -0.15) is 11.3 Å². The van der Waals surface area contributed by atoms with Gasteiger partial charge in [-0.1, -0.05) is 13.0 Å². The molecule has 0 saturated heterocycles. The summed E-state index contributed by atoms with van der Waals surface area (Å²) in [6.45, 7) is 3.76. The minimum atomic E-state index is 0.454. The molecular weight excluding hydrogens is 306 g/mol. The van der Waals surface area contributed by atoms with Crippen LogP contribution >= 0.6 is 11.3 Å². The van der Waals surface area contributed by atoms with Crippen LogP contribution in [0.4, 0.5) is 5.82 Å². The molecule has 2 aromatic rings. The number of guanidine groups is 1. The molecule has 2 heterocycles. The van der Waals surface area contributed by atoms with Crippen molar-refractivity contribution in [2.75, 3.05) is 32.6 Å². The number of pyridine rings is 1. The van der Waals surface area contributed by atoms with Gasteiger partial charge >= 0.3 is 0 Å². The van der Waals surface area contributed by atoms with Gasteiger partial charge < -0.3 is 15.5 Å². The number of rotatable bonds is 6. The van der Waals surface area contributed by atoms with Gasteiger partial charge in [-0.15, -0.1) is 0 Å². The predicted octanol–water partition coefficient (Wildman–Crippen LogP) is 2.68. The summed E-state index contributed by atoms with van der Waals surface area (Å²) in [7, 11) is 5.80. The zero-order valence-electron chi connectivity index (χ0n) is 14.2. The molecule has 1 unspecified atom stereocenters. The standard InChI is InChI=1S/C17H25N5S/c1-13(15-7-9-23-12-15)10-20-17(18-2)21-11-14-6-5-8-19-16(14)22(3)4/h5-9,12-13H,10-11H2,1-4H3,(H2,18,20,21). The summed E-state index contributed by atoms with van der Waals surface area (Å²) in [5, 5.41) is 11.1. The van der Waals surface area contributed by atoms with Crippen molar-refractivity contribution in [2.45, 2.75) is 19.4 Å². The van der Waals surface area contributed by atoms with Crippen molar-refractivity contribution in [3.05, 3.63) is 46.3 Å². The molecule has 1 atom stereocenters. The zero-order chi connectivity index (χ0) is 16.7. The lowest BCUT2D eigenvalue weighted by atomic mass is 10.1. The van der Waals surface area contributed by atoms with Gasteiger partial charge in [0.2, 0.25) is 0 Å². The first-order valence-electron chi connectivity index (χ1n) is 7.69. The Morgan fingerprint density at radius 1 is 1.35 bits per heavy atom. The van der Waals surface area contributed by atoms with Crippen molar-refractivity contribution in [1.82, 2.24) is 15.6 Å².